The van der Waals surface area contributed by atoms with Crippen LogP contribution in [0, 0.1) is 0 Å². The number of ether oxygens (including phenoxy) is 1. The fourth-order valence-electron chi connectivity index (χ4n) is 1.62. The monoisotopic (exact) mass is 208 g/mol. The van der Waals surface area contributed by atoms with Crippen molar-refractivity contribution >= 4 is 10.0 Å². The van der Waals surface area contributed by atoms with Crippen LogP contribution in [-0.2, 0) is 14.8 Å². The second kappa shape index (κ2) is 3.91. The molecule has 2 unspecified atom stereocenters. The van der Waals surface area contributed by atoms with Gasteiger partial charge in [0.15, 0.2) is 0 Å². The average molecular weight is 208 g/mol. The Morgan fingerprint density at radius 2 is 2.15 bits per heavy atom. The van der Waals surface area contributed by atoms with Crippen LogP contribution in [0.2, 0.25) is 0 Å². The maximum absolute atomic E-state index is 11.1. The van der Waals surface area contributed by atoms with Crippen molar-refractivity contribution in [3.63, 3.8) is 0 Å². The number of hydrogen-bond donors (Lipinski definition) is 1. The molecule has 2 N–H and O–H groups in total. The molecule has 0 saturated carbocycles. The molecule has 0 aromatic heterocycles. The van der Waals surface area contributed by atoms with E-state index in [1.165, 1.54) is 7.11 Å². The van der Waals surface area contributed by atoms with E-state index in [0.717, 1.165) is 6.54 Å². The molecule has 1 aliphatic heterocycles. The molecule has 0 aromatic carbocycles. The number of sulfonamides is 1. The highest BCUT2D eigenvalue weighted by atomic mass is 32.2. The van der Waals surface area contributed by atoms with Gasteiger partial charge in [0.25, 0.3) is 0 Å². The molecule has 0 amide bonds. The fourth-order valence-corrected chi connectivity index (χ4v) is 2.66. The van der Waals surface area contributed by atoms with E-state index in [9.17, 15) is 8.42 Å². The summed E-state index contributed by atoms with van der Waals surface area (Å²) in [6.07, 6.45) is -0.282. The van der Waals surface area contributed by atoms with Gasteiger partial charge >= 0.3 is 0 Å². The third-order valence-corrected chi connectivity index (χ3v) is 3.76. The van der Waals surface area contributed by atoms with E-state index in [1.807, 2.05) is 11.8 Å². The van der Waals surface area contributed by atoms with Crippen LogP contribution >= 0.6 is 0 Å². The number of primary sulfonamides is 1. The molecular formula is C7H16N2O3S. The van der Waals surface area contributed by atoms with Gasteiger partial charge in [0.05, 0.1) is 6.10 Å². The van der Waals surface area contributed by atoms with E-state index in [-0.39, 0.29) is 6.10 Å². The van der Waals surface area contributed by atoms with Crippen LogP contribution in [0.15, 0.2) is 0 Å². The minimum Gasteiger partial charge on any atom is -0.379 e. The Balaban J connectivity index is 2.75. The number of likely N-dealkylation sites (N-methyl/N-ethyl adjacent to an activating group) is 1. The van der Waals surface area contributed by atoms with Gasteiger partial charge in [0, 0.05) is 20.2 Å². The zero-order valence-electron chi connectivity index (χ0n) is 7.93. The van der Waals surface area contributed by atoms with E-state index in [4.69, 9.17) is 9.88 Å². The summed E-state index contributed by atoms with van der Waals surface area (Å²) in [6, 6.07) is 0. The molecule has 1 aliphatic rings. The van der Waals surface area contributed by atoms with Gasteiger partial charge in [-0.05, 0) is 6.54 Å². The molecule has 1 fully saturated rings. The summed E-state index contributed by atoms with van der Waals surface area (Å²) in [4.78, 5) is 2.02. The van der Waals surface area contributed by atoms with Gasteiger partial charge in [-0.1, -0.05) is 6.92 Å². The summed E-state index contributed by atoms with van der Waals surface area (Å²) in [5, 5.41) is 4.52. The van der Waals surface area contributed by atoms with Crippen molar-refractivity contribution in [1.29, 1.82) is 0 Å². The number of rotatable bonds is 3. The standard InChI is InChI=1S/C7H16N2O3S/c1-3-9-4-6(12-2)7(5-9)13(8,10)11/h6-7H,3-5H2,1-2H3,(H2,8,10,11). The number of nitrogens with zero attached hydrogens (tertiary/aromatic N) is 1. The molecular weight excluding hydrogens is 192 g/mol. The van der Waals surface area contributed by atoms with Crippen LogP contribution in [0.25, 0.3) is 0 Å². The Hall–Kier alpha value is -0.170. The lowest BCUT2D eigenvalue weighted by atomic mass is 10.3. The van der Waals surface area contributed by atoms with Gasteiger partial charge in [0.1, 0.15) is 5.25 Å². The maximum atomic E-state index is 11.1. The van der Waals surface area contributed by atoms with E-state index in [2.05, 4.69) is 0 Å². The second-order valence-electron chi connectivity index (χ2n) is 3.25. The van der Waals surface area contributed by atoms with Crippen LogP contribution < -0.4 is 5.14 Å². The highest BCUT2D eigenvalue weighted by Gasteiger charge is 2.39. The SMILES string of the molecule is CCN1CC(OC)C(S(N)(=O)=O)C1. The van der Waals surface area contributed by atoms with Gasteiger partial charge in [-0.3, -0.25) is 4.90 Å². The molecule has 1 heterocycles. The lowest BCUT2D eigenvalue weighted by Crippen LogP contribution is -2.38. The summed E-state index contributed by atoms with van der Waals surface area (Å²) < 4.78 is 27.4. The quantitative estimate of drug-likeness (QED) is 0.645. The van der Waals surface area contributed by atoms with Crippen molar-refractivity contribution in [3.8, 4) is 0 Å². The van der Waals surface area contributed by atoms with Gasteiger partial charge < -0.3 is 4.74 Å². The Morgan fingerprint density at radius 1 is 1.54 bits per heavy atom. The minimum atomic E-state index is -3.47. The summed E-state index contributed by atoms with van der Waals surface area (Å²) in [5.74, 6) is 0. The Bertz CT molecular complexity index is 265. The molecule has 78 valence electrons. The third-order valence-electron chi connectivity index (χ3n) is 2.46. The second-order valence-corrected chi connectivity index (χ2v) is 5.04. The minimum absolute atomic E-state index is 0.282. The maximum Gasteiger partial charge on any atom is 0.215 e. The largest absolute Gasteiger partial charge is 0.379 e. The molecule has 0 aliphatic carbocycles. The van der Waals surface area contributed by atoms with Crippen molar-refractivity contribution in [3.05, 3.63) is 0 Å². The smallest absolute Gasteiger partial charge is 0.215 e. The highest BCUT2D eigenvalue weighted by Crippen LogP contribution is 2.17. The van der Waals surface area contributed by atoms with E-state index < -0.39 is 15.3 Å². The Labute approximate surface area is 78.9 Å². The molecule has 0 radical (unpaired) electrons. The predicted octanol–water partition coefficient (Wildman–Crippen LogP) is -1.01. The average Bonchev–Trinajstić information content (AvgIpc) is 2.46. The van der Waals surface area contributed by atoms with Crippen LogP contribution in [0.1, 0.15) is 6.92 Å². The first-order chi connectivity index (χ1) is 5.99. The summed E-state index contributed by atoms with van der Waals surface area (Å²) >= 11 is 0. The number of hydrogen-bond acceptors (Lipinski definition) is 4. The van der Waals surface area contributed by atoms with Crippen LogP contribution in [-0.4, -0.2) is 51.4 Å². The molecule has 0 aromatic rings. The van der Waals surface area contributed by atoms with Gasteiger partial charge in [0.2, 0.25) is 10.0 Å². The van der Waals surface area contributed by atoms with Crippen LogP contribution in [0.4, 0.5) is 0 Å². The lowest BCUT2D eigenvalue weighted by molar-refractivity contribution is 0.110. The molecule has 2 atom stereocenters. The van der Waals surface area contributed by atoms with Gasteiger partial charge in [-0.2, -0.15) is 0 Å². The van der Waals surface area contributed by atoms with Crippen LogP contribution in [0.5, 0.6) is 0 Å². The fraction of sp³-hybridized carbons (Fsp3) is 1.00. The lowest BCUT2D eigenvalue weighted by Gasteiger charge is -2.13. The first kappa shape index (κ1) is 10.9. The Morgan fingerprint density at radius 3 is 2.46 bits per heavy atom. The van der Waals surface area contributed by atoms with Gasteiger partial charge in [-0.15, -0.1) is 0 Å². The summed E-state index contributed by atoms with van der Waals surface area (Å²) in [6.45, 7) is 3.94. The van der Waals surface area contributed by atoms with Crippen molar-refractivity contribution in [1.82, 2.24) is 4.90 Å². The van der Waals surface area contributed by atoms with E-state index in [0.29, 0.717) is 13.1 Å². The van der Waals surface area contributed by atoms with E-state index in [1.54, 1.807) is 0 Å². The van der Waals surface area contributed by atoms with E-state index >= 15 is 0 Å². The number of likely N-dealkylation sites (tertiary alicyclic amines) is 1. The first-order valence-corrected chi connectivity index (χ1v) is 5.86. The number of methoxy groups -OCH3 is 1. The van der Waals surface area contributed by atoms with Crippen molar-refractivity contribution in [2.24, 2.45) is 5.14 Å². The van der Waals surface area contributed by atoms with Crippen molar-refractivity contribution in [2.45, 2.75) is 18.3 Å². The van der Waals surface area contributed by atoms with Crippen LogP contribution in [0.3, 0.4) is 0 Å². The molecule has 0 spiro atoms. The number of nitrogens with two attached hydrogens (primary N) is 1. The molecule has 5 nitrogen and oxygen atoms in total. The molecule has 6 heteroatoms. The topological polar surface area (TPSA) is 72.6 Å². The molecule has 13 heavy (non-hydrogen) atoms. The summed E-state index contributed by atoms with van der Waals surface area (Å²) in [7, 11) is -1.96. The zero-order chi connectivity index (χ0) is 10.1. The van der Waals surface area contributed by atoms with Crippen molar-refractivity contribution < 1.29 is 13.2 Å². The first-order valence-electron chi connectivity index (χ1n) is 4.25. The molecule has 0 bridgehead atoms. The third kappa shape index (κ3) is 2.40. The zero-order valence-corrected chi connectivity index (χ0v) is 8.75. The predicted molar refractivity (Wildman–Crippen MR) is 49.8 cm³/mol. The normalized spacial score (nSPS) is 31.0. The van der Waals surface area contributed by atoms with Gasteiger partial charge in [-0.25, -0.2) is 13.6 Å². The molecule has 1 rings (SSSR count). The Kier molecular flexibility index (Phi) is 3.28. The highest BCUT2D eigenvalue weighted by molar-refractivity contribution is 7.89. The molecule has 1 saturated heterocycles. The summed E-state index contributed by atoms with van der Waals surface area (Å²) in [5.41, 5.74) is 0. The van der Waals surface area contributed by atoms with Crippen molar-refractivity contribution in [2.75, 3.05) is 26.7 Å².